The number of likely N-dealkylation sites (tertiary alicyclic amines) is 1. The second-order valence-corrected chi connectivity index (χ2v) is 6.00. The van der Waals surface area contributed by atoms with Gasteiger partial charge in [0.2, 0.25) is 11.9 Å². The molecule has 1 amide bonds. The summed E-state index contributed by atoms with van der Waals surface area (Å²) in [5, 5.41) is 10.4. The van der Waals surface area contributed by atoms with Crippen molar-refractivity contribution in [2.45, 2.75) is 18.4 Å². The van der Waals surface area contributed by atoms with Gasteiger partial charge < -0.3 is 20.6 Å². The number of hydrogen-bond acceptors (Lipinski definition) is 6. The van der Waals surface area contributed by atoms with Gasteiger partial charge in [-0.25, -0.2) is 9.97 Å². The van der Waals surface area contributed by atoms with Gasteiger partial charge in [-0.15, -0.1) is 0 Å². The average Bonchev–Trinajstić information content (AvgIpc) is 2.46. The van der Waals surface area contributed by atoms with Crippen molar-refractivity contribution in [2.24, 2.45) is 0 Å². The van der Waals surface area contributed by atoms with Crippen LogP contribution in [0.5, 0.6) is 0 Å². The van der Waals surface area contributed by atoms with Gasteiger partial charge in [-0.3, -0.25) is 4.79 Å². The third kappa shape index (κ3) is 4.51. The Labute approximate surface area is 130 Å². The minimum absolute atomic E-state index is 0.0660. The van der Waals surface area contributed by atoms with Gasteiger partial charge in [0.25, 0.3) is 0 Å². The SMILES string of the molecule is CN(C)CC1(O)CCN(C(=O)/C=C/c2cnc(N)nc2)CC1. The number of likely N-dealkylation sites (N-methyl/N-ethyl adjacent to an activating group) is 1. The largest absolute Gasteiger partial charge is 0.388 e. The predicted molar refractivity (Wildman–Crippen MR) is 84.8 cm³/mol. The molecule has 1 fully saturated rings. The van der Waals surface area contributed by atoms with Crippen LogP contribution in [0.2, 0.25) is 0 Å². The first-order chi connectivity index (χ1) is 10.4. The Morgan fingerprint density at radius 1 is 1.41 bits per heavy atom. The van der Waals surface area contributed by atoms with E-state index >= 15 is 0 Å². The molecule has 1 aromatic heterocycles. The molecule has 0 saturated carbocycles. The van der Waals surface area contributed by atoms with Crippen molar-refractivity contribution in [3.05, 3.63) is 24.0 Å². The maximum Gasteiger partial charge on any atom is 0.246 e. The van der Waals surface area contributed by atoms with Crippen molar-refractivity contribution in [1.29, 1.82) is 0 Å². The maximum atomic E-state index is 12.2. The van der Waals surface area contributed by atoms with Crippen molar-refractivity contribution in [1.82, 2.24) is 19.8 Å². The minimum atomic E-state index is -0.700. The molecule has 3 N–H and O–H groups in total. The molecule has 0 spiro atoms. The van der Waals surface area contributed by atoms with Crippen LogP contribution in [-0.2, 0) is 4.79 Å². The summed E-state index contributed by atoms with van der Waals surface area (Å²) in [5.41, 5.74) is 5.44. The van der Waals surface area contributed by atoms with E-state index in [9.17, 15) is 9.90 Å². The number of carbonyl (C=O) groups excluding carboxylic acids is 1. The Balaban J connectivity index is 1.88. The fourth-order valence-electron chi connectivity index (χ4n) is 2.60. The van der Waals surface area contributed by atoms with Crippen LogP contribution < -0.4 is 5.73 Å². The monoisotopic (exact) mass is 305 g/mol. The summed E-state index contributed by atoms with van der Waals surface area (Å²) in [6.45, 7) is 1.74. The summed E-state index contributed by atoms with van der Waals surface area (Å²) >= 11 is 0. The van der Waals surface area contributed by atoms with Gasteiger partial charge in [0.1, 0.15) is 0 Å². The second-order valence-electron chi connectivity index (χ2n) is 6.00. The summed E-state index contributed by atoms with van der Waals surface area (Å²) in [7, 11) is 3.87. The van der Waals surface area contributed by atoms with E-state index < -0.39 is 5.60 Å². The van der Waals surface area contributed by atoms with E-state index in [1.54, 1.807) is 23.4 Å². The van der Waals surface area contributed by atoms with Crippen LogP contribution >= 0.6 is 0 Å². The molecular formula is C15H23N5O2. The van der Waals surface area contributed by atoms with Crippen LogP contribution in [0.4, 0.5) is 5.95 Å². The van der Waals surface area contributed by atoms with E-state index in [1.165, 1.54) is 6.08 Å². The summed E-state index contributed by atoms with van der Waals surface area (Å²) in [5.74, 6) is 0.142. The Morgan fingerprint density at radius 3 is 2.55 bits per heavy atom. The van der Waals surface area contributed by atoms with Crippen molar-refractivity contribution < 1.29 is 9.90 Å². The zero-order valence-corrected chi connectivity index (χ0v) is 13.1. The Bertz CT molecular complexity index is 533. The molecule has 2 rings (SSSR count). The third-order valence-corrected chi connectivity index (χ3v) is 3.73. The fourth-order valence-corrected chi connectivity index (χ4v) is 2.60. The Kier molecular flexibility index (Phi) is 5.10. The molecular weight excluding hydrogens is 282 g/mol. The molecule has 1 aromatic rings. The summed E-state index contributed by atoms with van der Waals surface area (Å²) in [6.07, 6.45) is 7.50. The van der Waals surface area contributed by atoms with E-state index in [0.717, 1.165) is 5.56 Å². The number of nitrogens with two attached hydrogens (primary N) is 1. The first-order valence-electron chi connectivity index (χ1n) is 7.30. The molecule has 0 radical (unpaired) electrons. The zero-order valence-electron chi connectivity index (χ0n) is 13.1. The predicted octanol–water partition coefficient (Wildman–Crippen LogP) is -0.0129. The lowest BCUT2D eigenvalue weighted by Crippen LogP contribution is -2.50. The summed E-state index contributed by atoms with van der Waals surface area (Å²) < 4.78 is 0. The number of rotatable bonds is 4. The summed E-state index contributed by atoms with van der Waals surface area (Å²) in [4.78, 5) is 23.6. The fraction of sp³-hybridized carbons (Fsp3) is 0.533. The highest BCUT2D eigenvalue weighted by Gasteiger charge is 2.33. The van der Waals surface area contributed by atoms with Crippen LogP contribution in [-0.4, -0.2) is 70.1 Å². The molecule has 7 heteroatoms. The molecule has 1 aliphatic rings. The van der Waals surface area contributed by atoms with Crippen LogP contribution in [0.15, 0.2) is 18.5 Å². The van der Waals surface area contributed by atoms with Crippen molar-refractivity contribution in [2.75, 3.05) is 39.5 Å². The van der Waals surface area contributed by atoms with E-state index in [0.29, 0.717) is 32.5 Å². The maximum absolute atomic E-state index is 12.2. The number of anilines is 1. The number of hydrogen-bond donors (Lipinski definition) is 2. The van der Waals surface area contributed by atoms with E-state index in [2.05, 4.69) is 9.97 Å². The van der Waals surface area contributed by atoms with Gasteiger partial charge in [0, 0.05) is 43.7 Å². The van der Waals surface area contributed by atoms with Crippen LogP contribution in [0.25, 0.3) is 6.08 Å². The first-order valence-corrected chi connectivity index (χ1v) is 7.30. The number of carbonyl (C=O) groups is 1. The number of nitrogens with zero attached hydrogens (tertiary/aromatic N) is 4. The molecule has 7 nitrogen and oxygen atoms in total. The van der Waals surface area contributed by atoms with Gasteiger partial charge >= 0.3 is 0 Å². The number of aromatic nitrogens is 2. The van der Waals surface area contributed by atoms with E-state index in [1.807, 2.05) is 19.0 Å². The molecule has 0 aliphatic carbocycles. The normalized spacial score (nSPS) is 18.1. The molecule has 120 valence electrons. The van der Waals surface area contributed by atoms with Gasteiger partial charge in [-0.05, 0) is 33.0 Å². The summed E-state index contributed by atoms with van der Waals surface area (Å²) in [6, 6.07) is 0. The third-order valence-electron chi connectivity index (χ3n) is 3.73. The molecule has 0 aromatic carbocycles. The van der Waals surface area contributed by atoms with Gasteiger partial charge in [-0.1, -0.05) is 0 Å². The number of aliphatic hydroxyl groups is 1. The molecule has 2 heterocycles. The molecule has 1 aliphatic heterocycles. The first kappa shape index (κ1) is 16.4. The Morgan fingerprint density at radius 2 is 2.00 bits per heavy atom. The number of amides is 1. The van der Waals surface area contributed by atoms with Crippen LogP contribution in [0.1, 0.15) is 18.4 Å². The van der Waals surface area contributed by atoms with Gasteiger partial charge in [0.05, 0.1) is 5.60 Å². The molecule has 0 unspecified atom stereocenters. The topological polar surface area (TPSA) is 95.6 Å². The molecule has 1 saturated heterocycles. The van der Waals surface area contributed by atoms with Crippen molar-refractivity contribution in [3.63, 3.8) is 0 Å². The lowest BCUT2D eigenvalue weighted by Gasteiger charge is -2.39. The van der Waals surface area contributed by atoms with Crippen LogP contribution in [0, 0.1) is 0 Å². The molecule has 22 heavy (non-hydrogen) atoms. The van der Waals surface area contributed by atoms with Crippen molar-refractivity contribution >= 4 is 17.9 Å². The Hall–Kier alpha value is -1.99. The quantitative estimate of drug-likeness (QED) is 0.760. The van der Waals surface area contributed by atoms with E-state index in [-0.39, 0.29) is 11.9 Å². The lowest BCUT2D eigenvalue weighted by atomic mass is 9.91. The smallest absolute Gasteiger partial charge is 0.246 e. The van der Waals surface area contributed by atoms with Crippen molar-refractivity contribution in [3.8, 4) is 0 Å². The molecule has 0 bridgehead atoms. The zero-order chi connectivity index (χ0) is 16.2. The highest BCUT2D eigenvalue weighted by atomic mass is 16.3. The van der Waals surface area contributed by atoms with Gasteiger partial charge in [-0.2, -0.15) is 0 Å². The standard InChI is InChI=1S/C15H23N5O2/c1-19(2)11-15(22)5-7-20(8-6-15)13(21)4-3-12-9-17-14(16)18-10-12/h3-4,9-10,22H,5-8,11H2,1-2H3,(H2,16,17,18)/b4-3+. The average molecular weight is 305 g/mol. The number of piperidine rings is 1. The molecule has 0 atom stereocenters. The van der Waals surface area contributed by atoms with Gasteiger partial charge in [0.15, 0.2) is 0 Å². The van der Waals surface area contributed by atoms with Crippen LogP contribution in [0.3, 0.4) is 0 Å². The lowest BCUT2D eigenvalue weighted by molar-refractivity contribution is -0.130. The highest BCUT2D eigenvalue weighted by molar-refractivity contribution is 5.91. The number of nitrogen functional groups attached to an aromatic ring is 1. The highest BCUT2D eigenvalue weighted by Crippen LogP contribution is 2.23. The second kappa shape index (κ2) is 6.85. The minimum Gasteiger partial charge on any atom is -0.388 e. The van der Waals surface area contributed by atoms with E-state index in [4.69, 9.17) is 5.73 Å².